The molecule has 0 unspecified atom stereocenters. The molecule has 2 aromatic rings. The van der Waals surface area contributed by atoms with Gasteiger partial charge in [-0.2, -0.15) is 0 Å². The van der Waals surface area contributed by atoms with Crippen LogP contribution in [0, 0.1) is 0 Å². The molecule has 0 atom stereocenters. The monoisotopic (exact) mass is 216 g/mol. The average molecular weight is 216 g/mol. The Labute approximate surface area is 95.4 Å². The van der Waals surface area contributed by atoms with Gasteiger partial charge >= 0.3 is 0 Å². The van der Waals surface area contributed by atoms with Crippen LogP contribution in [-0.2, 0) is 0 Å². The molecule has 0 aromatic heterocycles. The van der Waals surface area contributed by atoms with E-state index in [0.29, 0.717) is 13.2 Å². The molecule has 3 nitrogen and oxygen atoms in total. The van der Waals surface area contributed by atoms with Gasteiger partial charge in [0.1, 0.15) is 12.4 Å². The molecule has 3 heteroatoms. The number of rotatable bonds is 4. The Hall–Kier alpha value is -1.58. The van der Waals surface area contributed by atoms with Gasteiger partial charge in [-0.1, -0.05) is 36.4 Å². The molecule has 0 saturated heterocycles. The van der Waals surface area contributed by atoms with Gasteiger partial charge in [-0.25, -0.2) is 5.01 Å². The van der Waals surface area contributed by atoms with E-state index in [1.165, 1.54) is 5.39 Å². The Morgan fingerprint density at radius 1 is 1.12 bits per heavy atom. The highest BCUT2D eigenvalue weighted by Crippen LogP contribution is 2.24. The second-order valence-electron chi connectivity index (χ2n) is 3.81. The number of hydrogen-bond acceptors (Lipinski definition) is 3. The quantitative estimate of drug-likeness (QED) is 0.627. The highest BCUT2D eigenvalue weighted by atomic mass is 16.5. The molecule has 0 aliphatic rings. The fourth-order valence-electron chi connectivity index (χ4n) is 1.62. The van der Waals surface area contributed by atoms with Crippen LogP contribution in [0.4, 0.5) is 0 Å². The molecule has 0 aliphatic carbocycles. The third-order valence-corrected chi connectivity index (χ3v) is 2.45. The Morgan fingerprint density at radius 2 is 1.88 bits per heavy atom. The van der Waals surface area contributed by atoms with Crippen LogP contribution in [0.5, 0.6) is 5.75 Å². The van der Waals surface area contributed by atoms with Crippen molar-refractivity contribution in [1.29, 1.82) is 0 Å². The van der Waals surface area contributed by atoms with Crippen molar-refractivity contribution in [2.45, 2.75) is 0 Å². The molecule has 16 heavy (non-hydrogen) atoms. The summed E-state index contributed by atoms with van der Waals surface area (Å²) in [6.07, 6.45) is 0. The lowest BCUT2D eigenvalue weighted by atomic mass is 10.1. The maximum Gasteiger partial charge on any atom is 0.127 e. The minimum absolute atomic E-state index is 0.598. The summed E-state index contributed by atoms with van der Waals surface area (Å²) in [5.41, 5.74) is 0. The van der Waals surface area contributed by atoms with E-state index >= 15 is 0 Å². The van der Waals surface area contributed by atoms with Crippen molar-refractivity contribution in [2.24, 2.45) is 5.84 Å². The van der Waals surface area contributed by atoms with E-state index in [4.69, 9.17) is 10.6 Å². The summed E-state index contributed by atoms with van der Waals surface area (Å²) in [6.45, 7) is 1.31. The van der Waals surface area contributed by atoms with Gasteiger partial charge in [-0.05, 0) is 11.5 Å². The van der Waals surface area contributed by atoms with Crippen LogP contribution in [0.1, 0.15) is 0 Å². The first-order valence-corrected chi connectivity index (χ1v) is 5.34. The third-order valence-electron chi connectivity index (χ3n) is 2.45. The molecule has 0 radical (unpaired) electrons. The van der Waals surface area contributed by atoms with E-state index in [-0.39, 0.29) is 0 Å². The van der Waals surface area contributed by atoms with Crippen molar-refractivity contribution in [2.75, 3.05) is 20.2 Å². The summed E-state index contributed by atoms with van der Waals surface area (Å²) >= 11 is 0. The van der Waals surface area contributed by atoms with E-state index in [2.05, 4.69) is 18.2 Å². The fourth-order valence-corrected chi connectivity index (χ4v) is 1.62. The van der Waals surface area contributed by atoms with Crippen molar-refractivity contribution >= 4 is 10.8 Å². The minimum atomic E-state index is 0.598. The number of hydrogen-bond donors (Lipinski definition) is 1. The zero-order chi connectivity index (χ0) is 11.4. The first-order chi connectivity index (χ1) is 7.77. The first-order valence-electron chi connectivity index (χ1n) is 5.34. The Morgan fingerprint density at radius 3 is 2.69 bits per heavy atom. The van der Waals surface area contributed by atoms with Crippen molar-refractivity contribution in [3.63, 3.8) is 0 Å². The molecule has 0 fully saturated rings. The average Bonchev–Trinajstić information content (AvgIpc) is 2.29. The Bertz CT molecular complexity index is 463. The molecule has 0 heterocycles. The number of hydrazine groups is 1. The molecule has 2 N–H and O–H groups in total. The zero-order valence-corrected chi connectivity index (χ0v) is 9.39. The van der Waals surface area contributed by atoms with Gasteiger partial charge in [0.2, 0.25) is 0 Å². The smallest absolute Gasteiger partial charge is 0.127 e. The molecule has 2 rings (SSSR count). The number of fused-ring (bicyclic) bond motifs is 1. The lowest BCUT2D eigenvalue weighted by Crippen LogP contribution is -2.30. The summed E-state index contributed by atoms with van der Waals surface area (Å²) < 4.78 is 5.71. The molecular formula is C13H16N2O. The highest BCUT2D eigenvalue weighted by molar-refractivity contribution is 5.88. The maximum absolute atomic E-state index is 5.71. The van der Waals surface area contributed by atoms with Gasteiger partial charge in [0.05, 0.1) is 0 Å². The standard InChI is InChI=1S/C13H16N2O/c1-15(14)9-10-16-13-8-4-6-11-5-2-3-7-12(11)13/h2-8H,9-10,14H2,1H3. The summed E-state index contributed by atoms with van der Waals surface area (Å²) in [7, 11) is 1.83. The lowest BCUT2D eigenvalue weighted by molar-refractivity contribution is 0.243. The molecule has 0 amide bonds. The van der Waals surface area contributed by atoms with Crippen molar-refractivity contribution in [1.82, 2.24) is 5.01 Å². The third kappa shape index (κ3) is 2.51. The summed E-state index contributed by atoms with van der Waals surface area (Å²) in [6, 6.07) is 14.3. The molecule has 0 saturated carbocycles. The highest BCUT2D eigenvalue weighted by Gasteiger charge is 2.00. The van der Waals surface area contributed by atoms with Crippen LogP contribution in [0.3, 0.4) is 0 Å². The van der Waals surface area contributed by atoms with Crippen molar-refractivity contribution in [3.8, 4) is 5.75 Å². The number of ether oxygens (including phenoxy) is 1. The number of nitrogens with zero attached hydrogens (tertiary/aromatic N) is 1. The molecule has 84 valence electrons. The lowest BCUT2D eigenvalue weighted by Gasteiger charge is -2.12. The first kappa shape index (κ1) is 10.9. The molecule has 0 bridgehead atoms. The van der Waals surface area contributed by atoms with Crippen LogP contribution >= 0.6 is 0 Å². The van der Waals surface area contributed by atoms with Crippen LogP contribution < -0.4 is 10.6 Å². The van der Waals surface area contributed by atoms with Gasteiger partial charge in [0, 0.05) is 19.0 Å². The van der Waals surface area contributed by atoms with Gasteiger partial charge in [0.15, 0.2) is 0 Å². The van der Waals surface area contributed by atoms with E-state index in [9.17, 15) is 0 Å². The van der Waals surface area contributed by atoms with E-state index < -0.39 is 0 Å². The van der Waals surface area contributed by atoms with Gasteiger partial charge in [-0.15, -0.1) is 0 Å². The van der Waals surface area contributed by atoms with Crippen molar-refractivity contribution < 1.29 is 4.74 Å². The second kappa shape index (κ2) is 4.96. The SMILES string of the molecule is CN(N)CCOc1cccc2ccccc12. The van der Waals surface area contributed by atoms with Crippen LogP contribution in [0.2, 0.25) is 0 Å². The van der Waals surface area contributed by atoms with Gasteiger partial charge in [-0.3, -0.25) is 5.84 Å². The molecule has 0 spiro atoms. The fraction of sp³-hybridized carbons (Fsp3) is 0.231. The number of benzene rings is 2. The zero-order valence-electron chi connectivity index (χ0n) is 9.39. The van der Waals surface area contributed by atoms with E-state index in [0.717, 1.165) is 11.1 Å². The number of likely N-dealkylation sites (N-methyl/N-ethyl adjacent to an activating group) is 1. The van der Waals surface area contributed by atoms with E-state index in [1.807, 2.05) is 31.3 Å². The normalized spacial score (nSPS) is 10.9. The van der Waals surface area contributed by atoms with E-state index in [1.54, 1.807) is 5.01 Å². The van der Waals surface area contributed by atoms with Crippen LogP contribution in [0.25, 0.3) is 10.8 Å². The van der Waals surface area contributed by atoms with Gasteiger partial charge < -0.3 is 4.74 Å². The number of nitrogens with two attached hydrogens (primary N) is 1. The molecule has 2 aromatic carbocycles. The maximum atomic E-state index is 5.71. The molecule has 0 aliphatic heterocycles. The van der Waals surface area contributed by atoms with Gasteiger partial charge in [0.25, 0.3) is 0 Å². The molecular weight excluding hydrogens is 200 g/mol. The topological polar surface area (TPSA) is 38.5 Å². The summed E-state index contributed by atoms with van der Waals surface area (Å²) in [4.78, 5) is 0. The predicted molar refractivity (Wildman–Crippen MR) is 66.3 cm³/mol. The van der Waals surface area contributed by atoms with Crippen LogP contribution in [0.15, 0.2) is 42.5 Å². The van der Waals surface area contributed by atoms with Crippen molar-refractivity contribution in [3.05, 3.63) is 42.5 Å². The minimum Gasteiger partial charge on any atom is -0.492 e. The summed E-state index contributed by atoms with van der Waals surface area (Å²) in [5.74, 6) is 6.44. The second-order valence-corrected chi connectivity index (χ2v) is 3.81. The Kier molecular flexibility index (Phi) is 3.39. The summed E-state index contributed by atoms with van der Waals surface area (Å²) in [5, 5.41) is 3.95. The predicted octanol–water partition coefficient (Wildman–Crippen LogP) is 2.02. The Balaban J connectivity index is 2.17. The largest absolute Gasteiger partial charge is 0.492 e. The van der Waals surface area contributed by atoms with Crippen LogP contribution in [-0.4, -0.2) is 25.2 Å².